The van der Waals surface area contributed by atoms with Crippen LogP contribution in [0.5, 0.6) is 0 Å². The van der Waals surface area contributed by atoms with E-state index in [1.54, 1.807) is 24.3 Å². The lowest BCUT2D eigenvalue weighted by atomic mass is 9.97. The maximum Gasteiger partial charge on any atom is 0.338 e. The van der Waals surface area contributed by atoms with Crippen molar-refractivity contribution in [3.8, 4) is 0 Å². The van der Waals surface area contributed by atoms with Gasteiger partial charge in [0, 0.05) is 20.2 Å². The smallest absolute Gasteiger partial charge is 0.338 e. The Hall–Kier alpha value is -2.07. The molecule has 2 aromatic rings. The van der Waals surface area contributed by atoms with Crippen LogP contribution in [0.25, 0.3) is 0 Å². The van der Waals surface area contributed by atoms with Crippen molar-refractivity contribution < 1.29 is 33.6 Å². The maximum absolute atomic E-state index is 12.8. The van der Waals surface area contributed by atoms with Crippen molar-refractivity contribution in [1.29, 1.82) is 0 Å². The SMILES string of the molecule is C[Si](C)(C)CCO[C@@H]1O[C@@H]2COC(c3ccccc3)O[C@H]2[C@H](O)[C@H]1OC(=O)c1ccccc1. The molecule has 178 valence electrons. The first-order chi connectivity index (χ1) is 15.8. The fourth-order valence-electron chi connectivity index (χ4n) is 3.85. The van der Waals surface area contributed by atoms with Crippen molar-refractivity contribution in [3.05, 3.63) is 71.8 Å². The van der Waals surface area contributed by atoms with Crippen LogP contribution in [0.15, 0.2) is 60.7 Å². The van der Waals surface area contributed by atoms with Gasteiger partial charge in [-0.1, -0.05) is 68.2 Å². The molecule has 6 atom stereocenters. The predicted molar refractivity (Wildman–Crippen MR) is 124 cm³/mol. The third kappa shape index (κ3) is 6.09. The van der Waals surface area contributed by atoms with Gasteiger partial charge >= 0.3 is 5.97 Å². The topological polar surface area (TPSA) is 83.5 Å². The lowest BCUT2D eigenvalue weighted by Crippen LogP contribution is -2.63. The molecule has 2 saturated heterocycles. The van der Waals surface area contributed by atoms with Crippen LogP contribution in [0.1, 0.15) is 22.2 Å². The number of esters is 1. The Morgan fingerprint density at radius 1 is 1.03 bits per heavy atom. The Morgan fingerprint density at radius 3 is 2.36 bits per heavy atom. The first-order valence-corrected chi connectivity index (χ1v) is 15.1. The fourth-order valence-corrected chi connectivity index (χ4v) is 4.58. The first kappa shape index (κ1) is 24.1. The molecule has 2 aromatic carbocycles. The molecular weight excluding hydrogens is 440 g/mol. The van der Waals surface area contributed by atoms with E-state index < -0.39 is 51.0 Å². The predicted octanol–water partition coefficient (Wildman–Crippen LogP) is 3.77. The molecule has 0 spiro atoms. The van der Waals surface area contributed by atoms with Crippen LogP contribution in [0.3, 0.4) is 0 Å². The Morgan fingerprint density at radius 2 is 1.70 bits per heavy atom. The molecule has 0 aliphatic carbocycles. The third-order valence-corrected chi connectivity index (χ3v) is 7.47. The van der Waals surface area contributed by atoms with Crippen LogP contribution >= 0.6 is 0 Å². The van der Waals surface area contributed by atoms with Crippen molar-refractivity contribution in [2.75, 3.05) is 13.2 Å². The highest BCUT2D eigenvalue weighted by Crippen LogP contribution is 2.35. The summed E-state index contributed by atoms with van der Waals surface area (Å²) in [6, 6.07) is 19.1. The molecule has 1 unspecified atom stereocenters. The maximum atomic E-state index is 12.8. The van der Waals surface area contributed by atoms with E-state index in [2.05, 4.69) is 19.6 Å². The summed E-state index contributed by atoms with van der Waals surface area (Å²) in [5, 5.41) is 11.2. The van der Waals surface area contributed by atoms with Gasteiger partial charge in [-0.15, -0.1) is 0 Å². The molecule has 8 heteroatoms. The number of benzene rings is 2. The second kappa shape index (κ2) is 10.5. The highest BCUT2D eigenvalue weighted by molar-refractivity contribution is 6.76. The fraction of sp³-hybridized carbons (Fsp3) is 0.480. The van der Waals surface area contributed by atoms with E-state index in [0.29, 0.717) is 12.2 Å². The lowest BCUT2D eigenvalue weighted by molar-refractivity contribution is -0.360. The second-order valence-electron chi connectivity index (χ2n) is 9.63. The molecule has 33 heavy (non-hydrogen) atoms. The van der Waals surface area contributed by atoms with Crippen LogP contribution in [0.2, 0.25) is 25.7 Å². The molecule has 0 amide bonds. The van der Waals surface area contributed by atoms with E-state index in [-0.39, 0.29) is 6.61 Å². The van der Waals surface area contributed by atoms with Gasteiger partial charge in [-0.3, -0.25) is 0 Å². The molecule has 0 bridgehead atoms. The Bertz CT molecular complexity index is 902. The van der Waals surface area contributed by atoms with E-state index in [4.69, 9.17) is 23.7 Å². The summed E-state index contributed by atoms with van der Waals surface area (Å²) in [5.41, 5.74) is 1.23. The number of ether oxygens (including phenoxy) is 5. The number of carbonyl (C=O) groups is 1. The van der Waals surface area contributed by atoms with Crippen molar-refractivity contribution in [3.63, 3.8) is 0 Å². The van der Waals surface area contributed by atoms with Gasteiger partial charge in [0.05, 0.1) is 12.2 Å². The summed E-state index contributed by atoms with van der Waals surface area (Å²) in [7, 11) is -1.35. The summed E-state index contributed by atoms with van der Waals surface area (Å²) in [4.78, 5) is 12.8. The van der Waals surface area contributed by atoms with Crippen LogP contribution in [0.4, 0.5) is 0 Å². The van der Waals surface area contributed by atoms with E-state index in [1.165, 1.54) is 0 Å². The summed E-state index contributed by atoms with van der Waals surface area (Å²) < 4.78 is 29.8. The average Bonchev–Trinajstić information content (AvgIpc) is 2.81. The number of rotatable bonds is 7. The van der Waals surface area contributed by atoms with Crippen molar-refractivity contribution in [2.24, 2.45) is 0 Å². The molecule has 0 saturated carbocycles. The van der Waals surface area contributed by atoms with Gasteiger partial charge in [0.2, 0.25) is 0 Å². The van der Waals surface area contributed by atoms with Gasteiger partial charge in [-0.2, -0.15) is 0 Å². The van der Waals surface area contributed by atoms with Gasteiger partial charge in [0.15, 0.2) is 18.7 Å². The van der Waals surface area contributed by atoms with Gasteiger partial charge in [-0.05, 0) is 18.2 Å². The van der Waals surface area contributed by atoms with Crippen molar-refractivity contribution >= 4 is 14.0 Å². The Balaban J connectivity index is 1.50. The molecule has 2 aliphatic heterocycles. The van der Waals surface area contributed by atoms with Gasteiger partial charge < -0.3 is 28.8 Å². The standard InChI is InChI=1S/C25H32O7Si/c1-33(2,3)15-14-28-25-22(31-23(27)17-10-6-4-7-11-17)20(26)21-19(30-25)16-29-24(32-21)18-12-8-5-9-13-18/h4-13,19-22,24-26H,14-16H2,1-3H3/t19-,20+,21-,22-,24?,25-/m1/s1. The molecule has 7 nitrogen and oxygen atoms in total. The molecule has 2 fully saturated rings. The van der Waals surface area contributed by atoms with Gasteiger partial charge in [-0.25, -0.2) is 4.79 Å². The number of aliphatic hydroxyl groups is 1. The molecule has 4 rings (SSSR count). The molecule has 2 heterocycles. The van der Waals surface area contributed by atoms with E-state index >= 15 is 0 Å². The highest BCUT2D eigenvalue weighted by atomic mass is 28.3. The van der Waals surface area contributed by atoms with Gasteiger partial charge in [0.1, 0.15) is 18.3 Å². The molecule has 1 N–H and O–H groups in total. The molecular formula is C25H32O7Si. The average molecular weight is 473 g/mol. The Labute approximate surface area is 195 Å². The zero-order chi connectivity index (χ0) is 23.4. The minimum atomic E-state index is -1.35. The summed E-state index contributed by atoms with van der Waals surface area (Å²) >= 11 is 0. The monoisotopic (exact) mass is 472 g/mol. The van der Waals surface area contributed by atoms with Crippen LogP contribution in [0, 0.1) is 0 Å². The largest absolute Gasteiger partial charge is 0.450 e. The summed E-state index contributed by atoms with van der Waals surface area (Å²) in [5.74, 6) is -0.549. The zero-order valence-electron chi connectivity index (χ0n) is 19.3. The number of fused-ring (bicyclic) bond motifs is 1. The normalized spacial score (nSPS) is 29.8. The van der Waals surface area contributed by atoms with Crippen molar-refractivity contribution in [1.82, 2.24) is 0 Å². The van der Waals surface area contributed by atoms with Crippen LogP contribution < -0.4 is 0 Å². The number of carbonyl (C=O) groups excluding carboxylic acids is 1. The number of hydrogen-bond donors (Lipinski definition) is 1. The van der Waals surface area contributed by atoms with E-state index in [1.807, 2.05) is 36.4 Å². The number of hydrogen-bond acceptors (Lipinski definition) is 7. The van der Waals surface area contributed by atoms with Gasteiger partial charge in [0.25, 0.3) is 0 Å². The molecule has 2 aliphatic rings. The summed E-state index contributed by atoms with van der Waals surface area (Å²) in [6.07, 6.45) is -4.98. The second-order valence-corrected chi connectivity index (χ2v) is 15.2. The zero-order valence-corrected chi connectivity index (χ0v) is 20.3. The minimum Gasteiger partial charge on any atom is -0.450 e. The minimum absolute atomic E-state index is 0.231. The van der Waals surface area contributed by atoms with Crippen LogP contribution in [-0.4, -0.2) is 63.1 Å². The first-order valence-electron chi connectivity index (χ1n) is 11.3. The Kier molecular flexibility index (Phi) is 7.63. The van der Waals surface area contributed by atoms with Crippen LogP contribution in [-0.2, 0) is 23.7 Å². The highest BCUT2D eigenvalue weighted by Gasteiger charge is 2.51. The lowest BCUT2D eigenvalue weighted by Gasteiger charge is -2.47. The third-order valence-electron chi connectivity index (χ3n) is 5.77. The van der Waals surface area contributed by atoms with Crippen molar-refractivity contribution in [2.45, 2.75) is 62.7 Å². The summed E-state index contributed by atoms with van der Waals surface area (Å²) in [6.45, 7) is 7.44. The number of aliphatic hydroxyl groups excluding tert-OH is 1. The quantitative estimate of drug-likeness (QED) is 0.485. The molecule has 0 aromatic heterocycles. The van der Waals surface area contributed by atoms with E-state index in [0.717, 1.165) is 11.6 Å². The molecule has 0 radical (unpaired) electrons. The van der Waals surface area contributed by atoms with E-state index in [9.17, 15) is 9.90 Å².